The summed E-state index contributed by atoms with van der Waals surface area (Å²) in [7, 11) is 0. The molecule has 0 radical (unpaired) electrons. The molecule has 1 aliphatic rings. The number of anilines is 1. The number of nitrogens with one attached hydrogen (secondary N) is 2. The van der Waals surface area contributed by atoms with E-state index in [1.165, 1.54) is 13.1 Å². The second-order valence-corrected chi connectivity index (χ2v) is 6.95. The Morgan fingerprint density at radius 3 is 2.86 bits per heavy atom. The quantitative estimate of drug-likeness (QED) is 0.564. The second-order valence-electron chi connectivity index (χ2n) is 6.95. The molecule has 4 aromatic rings. The molecule has 1 saturated carbocycles. The van der Waals surface area contributed by atoms with Crippen LogP contribution in [0.15, 0.2) is 30.6 Å². The van der Waals surface area contributed by atoms with E-state index in [9.17, 15) is 18.0 Å². The number of carbonyl (C=O) groups excluding carboxylic acids is 1. The minimum Gasteiger partial charge on any atom is -0.309 e. The van der Waals surface area contributed by atoms with Gasteiger partial charge in [0, 0.05) is 17.6 Å². The molecule has 28 heavy (non-hydrogen) atoms. The average molecular weight is 385 g/mol. The molecular weight excluding hydrogens is 371 g/mol. The first-order valence-corrected chi connectivity index (χ1v) is 8.69. The first-order valence-electron chi connectivity index (χ1n) is 8.69. The van der Waals surface area contributed by atoms with Crippen molar-refractivity contribution in [3.05, 3.63) is 47.8 Å². The van der Waals surface area contributed by atoms with Gasteiger partial charge in [-0.25, -0.2) is 17.7 Å². The fourth-order valence-corrected chi connectivity index (χ4v) is 3.47. The lowest BCUT2D eigenvalue weighted by Crippen LogP contribution is -2.15. The molecule has 1 amide bonds. The van der Waals surface area contributed by atoms with Crippen LogP contribution in [0.25, 0.3) is 27.5 Å². The second kappa shape index (κ2) is 5.82. The molecule has 0 bridgehead atoms. The number of halogens is 3. The van der Waals surface area contributed by atoms with E-state index in [-0.39, 0.29) is 17.5 Å². The van der Waals surface area contributed by atoms with Gasteiger partial charge in [0.25, 0.3) is 0 Å². The molecule has 142 valence electrons. The van der Waals surface area contributed by atoms with E-state index in [1.54, 1.807) is 28.9 Å². The zero-order valence-corrected chi connectivity index (χ0v) is 14.6. The van der Waals surface area contributed by atoms with Gasteiger partial charge in [0.1, 0.15) is 11.7 Å². The Labute approximate surface area is 156 Å². The summed E-state index contributed by atoms with van der Waals surface area (Å²) in [6, 6.07) is 5.11. The largest absolute Gasteiger partial charge is 0.309 e. The van der Waals surface area contributed by atoms with Crippen LogP contribution in [0.1, 0.15) is 12.0 Å². The molecule has 3 heterocycles. The molecule has 2 N–H and O–H groups in total. The highest BCUT2D eigenvalue weighted by Gasteiger charge is 2.43. The first kappa shape index (κ1) is 16.8. The fraction of sp³-hybridized carbons (Fsp3) is 0.211. The van der Waals surface area contributed by atoms with Gasteiger partial charge in [-0.15, -0.1) is 0 Å². The number of alkyl halides is 1. The number of amides is 1. The highest BCUT2D eigenvalue weighted by molar-refractivity contribution is 5.97. The molecule has 3 aromatic heterocycles. The first-order chi connectivity index (χ1) is 13.4. The fourth-order valence-electron chi connectivity index (χ4n) is 3.47. The molecule has 6 nitrogen and oxygen atoms in total. The SMILES string of the molecule is Cc1c(F)c(F)c2[nH]ncc2c1-c1ccn2nc(NC(=O)[C@@H]3C[C@@H]3F)cc2c1. The Morgan fingerprint density at radius 1 is 1.32 bits per heavy atom. The number of aromatic nitrogens is 4. The van der Waals surface area contributed by atoms with Gasteiger partial charge < -0.3 is 5.32 Å². The molecule has 0 aliphatic heterocycles. The predicted octanol–water partition coefficient (Wildman–Crippen LogP) is 3.76. The number of rotatable bonds is 3. The number of fused-ring (bicyclic) bond motifs is 2. The molecule has 0 unspecified atom stereocenters. The Balaban J connectivity index is 1.58. The molecule has 0 spiro atoms. The lowest BCUT2D eigenvalue weighted by Gasteiger charge is -2.10. The summed E-state index contributed by atoms with van der Waals surface area (Å²) in [6.07, 6.45) is 2.26. The van der Waals surface area contributed by atoms with E-state index in [0.717, 1.165) is 0 Å². The van der Waals surface area contributed by atoms with Crippen molar-refractivity contribution in [1.29, 1.82) is 0 Å². The van der Waals surface area contributed by atoms with Gasteiger partial charge in [-0.3, -0.25) is 9.89 Å². The third-order valence-electron chi connectivity index (χ3n) is 5.08. The van der Waals surface area contributed by atoms with E-state index in [1.807, 2.05) is 0 Å². The van der Waals surface area contributed by atoms with Crippen molar-refractivity contribution in [1.82, 2.24) is 19.8 Å². The molecule has 9 heteroatoms. The van der Waals surface area contributed by atoms with Crippen LogP contribution in [0.2, 0.25) is 0 Å². The maximum absolute atomic E-state index is 14.3. The number of aromatic amines is 1. The van der Waals surface area contributed by atoms with Crippen molar-refractivity contribution in [2.45, 2.75) is 19.5 Å². The number of nitrogens with zero attached hydrogens (tertiary/aromatic N) is 3. The number of benzene rings is 1. The van der Waals surface area contributed by atoms with Gasteiger partial charge in [0.15, 0.2) is 17.5 Å². The van der Waals surface area contributed by atoms with E-state index in [4.69, 9.17) is 0 Å². The Bertz CT molecular complexity index is 1260. The number of hydrogen-bond acceptors (Lipinski definition) is 3. The molecule has 1 aromatic carbocycles. The van der Waals surface area contributed by atoms with Crippen LogP contribution in [-0.4, -0.2) is 31.9 Å². The molecular formula is C19H14F3N5O. The normalized spacial score (nSPS) is 18.7. The number of hydrogen-bond donors (Lipinski definition) is 2. The van der Waals surface area contributed by atoms with Gasteiger partial charge in [-0.1, -0.05) is 0 Å². The highest BCUT2D eigenvalue weighted by atomic mass is 19.2. The minimum absolute atomic E-state index is 0.00430. The molecule has 1 aliphatic carbocycles. The summed E-state index contributed by atoms with van der Waals surface area (Å²) in [4.78, 5) is 11.9. The van der Waals surface area contributed by atoms with Crippen molar-refractivity contribution in [3.63, 3.8) is 0 Å². The van der Waals surface area contributed by atoms with Crippen molar-refractivity contribution in [3.8, 4) is 11.1 Å². The maximum Gasteiger partial charge on any atom is 0.231 e. The molecule has 5 rings (SSSR count). The van der Waals surface area contributed by atoms with Crippen LogP contribution in [0.3, 0.4) is 0 Å². The van der Waals surface area contributed by atoms with E-state index in [2.05, 4.69) is 20.6 Å². The summed E-state index contributed by atoms with van der Waals surface area (Å²) in [6.45, 7) is 1.51. The predicted molar refractivity (Wildman–Crippen MR) is 96.6 cm³/mol. The average Bonchev–Trinajstić information content (AvgIpc) is 3.06. The Morgan fingerprint density at radius 2 is 2.11 bits per heavy atom. The summed E-state index contributed by atoms with van der Waals surface area (Å²) in [5.41, 5.74) is 1.99. The highest BCUT2D eigenvalue weighted by Crippen LogP contribution is 2.36. The van der Waals surface area contributed by atoms with E-state index in [0.29, 0.717) is 27.8 Å². The zero-order valence-electron chi connectivity index (χ0n) is 14.6. The third-order valence-corrected chi connectivity index (χ3v) is 5.08. The smallest absolute Gasteiger partial charge is 0.231 e. The zero-order chi connectivity index (χ0) is 19.6. The van der Waals surface area contributed by atoms with Crippen molar-refractivity contribution in [2.75, 3.05) is 5.32 Å². The van der Waals surface area contributed by atoms with Crippen LogP contribution in [0, 0.1) is 24.5 Å². The van der Waals surface area contributed by atoms with Gasteiger partial charge in [-0.05, 0) is 42.2 Å². The Hall–Kier alpha value is -3.36. The lowest BCUT2D eigenvalue weighted by molar-refractivity contribution is -0.117. The number of H-pyrrole nitrogens is 1. The number of carbonyl (C=O) groups is 1. The van der Waals surface area contributed by atoms with E-state index < -0.39 is 29.6 Å². The van der Waals surface area contributed by atoms with Crippen molar-refractivity contribution < 1.29 is 18.0 Å². The summed E-state index contributed by atoms with van der Waals surface area (Å²) < 4.78 is 43.0. The molecule has 2 atom stereocenters. The maximum atomic E-state index is 14.3. The van der Waals surface area contributed by atoms with Crippen molar-refractivity contribution >= 4 is 28.1 Å². The van der Waals surface area contributed by atoms with Crippen molar-refractivity contribution in [2.24, 2.45) is 5.92 Å². The molecule has 0 saturated heterocycles. The standard InChI is InChI=1S/C19H14F3N5O/c1-8-15(12-7-23-25-18(12)17(22)16(8)21)9-2-3-27-10(4-9)5-14(26-27)24-19(28)11-6-13(11)20/h2-5,7,11,13H,6H2,1H3,(H,23,25)(H,24,26,28)/t11-,13+/m1/s1. The van der Waals surface area contributed by atoms with Crippen LogP contribution < -0.4 is 5.32 Å². The van der Waals surface area contributed by atoms with Gasteiger partial charge in [-0.2, -0.15) is 10.2 Å². The Kier molecular flexibility index (Phi) is 3.49. The third kappa shape index (κ3) is 2.46. The van der Waals surface area contributed by atoms with Crippen LogP contribution in [0.5, 0.6) is 0 Å². The van der Waals surface area contributed by atoms with Crippen LogP contribution in [0.4, 0.5) is 19.0 Å². The van der Waals surface area contributed by atoms with Gasteiger partial charge >= 0.3 is 0 Å². The summed E-state index contributed by atoms with van der Waals surface area (Å²) in [5, 5.41) is 13.6. The van der Waals surface area contributed by atoms with Gasteiger partial charge in [0.2, 0.25) is 5.91 Å². The number of pyridine rings is 1. The van der Waals surface area contributed by atoms with E-state index >= 15 is 0 Å². The summed E-state index contributed by atoms with van der Waals surface area (Å²) >= 11 is 0. The van der Waals surface area contributed by atoms with Crippen LogP contribution in [-0.2, 0) is 4.79 Å². The minimum atomic E-state index is -1.09. The monoisotopic (exact) mass is 385 g/mol. The molecule has 1 fully saturated rings. The van der Waals surface area contributed by atoms with Crippen LogP contribution >= 0.6 is 0 Å². The topological polar surface area (TPSA) is 75.1 Å². The van der Waals surface area contributed by atoms with Gasteiger partial charge in [0.05, 0.1) is 17.6 Å². The summed E-state index contributed by atoms with van der Waals surface area (Å²) in [5.74, 6) is -2.60. The lowest BCUT2D eigenvalue weighted by atomic mass is 9.96.